The maximum atomic E-state index is 4.30. The topological polar surface area (TPSA) is 22.2 Å². The van der Waals surface area contributed by atoms with Gasteiger partial charge in [-0.1, -0.05) is 0 Å². The summed E-state index contributed by atoms with van der Waals surface area (Å²) < 4.78 is 4.36. The van der Waals surface area contributed by atoms with Crippen molar-refractivity contribution in [3.8, 4) is 0 Å². The smallest absolute Gasteiger partial charge is 0.205 e. The van der Waals surface area contributed by atoms with Crippen molar-refractivity contribution in [2.24, 2.45) is 4.99 Å². The molecule has 0 atom stereocenters. The zero-order valence-corrected chi connectivity index (χ0v) is 9.15. The summed E-state index contributed by atoms with van der Waals surface area (Å²) in [5, 5.41) is 0. The van der Waals surface area contributed by atoms with Crippen molar-refractivity contribution in [2.75, 3.05) is 7.05 Å². The van der Waals surface area contributed by atoms with Crippen LogP contribution >= 0.6 is 0 Å². The van der Waals surface area contributed by atoms with E-state index >= 15 is 0 Å². The van der Waals surface area contributed by atoms with E-state index in [4.69, 9.17) is 0 Å². The van der Waals surface area contributed by atoms with Crippen LogP contribution in [0.4, 0.5) is 0 Å². The second-order valence-corrected chi connectivity index (χ2v) is 3.82. The Balaban J connectivity index is 3.28. The summed E-state index contributed by atoms with van der Waals surface area (Å²) in [7, 11) is 1.84. The molecule has 0 N–H and O–H groups in total. The van der Waals surface area contributed by atoms with E-state index in [0.717, 1.165) is 5.62 Å². The summed E-state index contributed by atoms with van der Waals surface area (Å²) in [5.41, 5.74) is 1.05. The molecule has 1 heterocycles. The Labute approximate surface area is 79.7 Å². The molecule has 0 unspecified atom stereocenters. The molecule has 1 aromatic rings. The third-order valence-electron chi connectivity index (χ3n) is 2.16. The van der Waals surface area contributed by atoms with Crippen LogP contribution in [0.2, 0.25) is 0 Å². The van der Waals surface area contributed by atoms with Crippen LogP contribution in [0, 0.1) is 0 Å². The predicted octanol–water partition coefficient (Wildman–Crippen LogP) is 1.98. The fraction of sp³-hybridized carbons (Fsp3) is 0.700. The maximum absolute atomic E-state index is 4.30. The van der Waals surface area contributed by atoms with Gasteiger partial charge in [-0.05, 0) is 27.7 Å². The Morgan fingerprint density at radius 2 is 1.38 bits per heavy atom. The highest BCUT2D eigenvalue weighted by molar-refractivity contribution is 4.84. The van der Waals surface area contributed by atoms with Gasteiger partial charge in [-0.2, -0.15) is 0 Å². The van der Waals surface area contributed by atoms with Crippen molar-refractivity contribution >= 4 is 0 Å². The van der Waals surface area contributed by atoms with Gasteiger partial charge in [0, 0.05) is 31.5 Å². The van der Waals surface area contributed by atoms with E-state index in [1.54, 1.807) is 0 Å². The first kappa shape index (κ1) is 10.1. The monoisotopic (exact) mass is 181 g/mol. The molecule has 0 aromatic carbocycles. The lowest BCUT2D eigenvalue weighted by molar-refractivity contribution is 0.508. The zero-order chi connectivity index (χ0) is 10.0. The Morgan fingerprint density at radius 1 is 1.00 bits per heavy atom. The lowest BCUT2D eigenvalue weighted by Crippen LogP contribution is -2.27. The van der Waals surface area contributed by atoms with Crippen molar-refractivity contribution < 1.29 is 0 Å². The highest BCUT2D eigenvalue weighted by Crippen LogP contribution is 2.04. The number of rotatable bonds is 2. The SMILES string of the molecule is CN=c1n(C(C)C)ccn1C(C)C. The summed E-state index contributed by atoms with van der Waals surface area (Å²) in [5.74, 6) is 0. The van der Waals surface area contributed by atoms with Gasteiger partial charge in [0.1, 0.15) is 0 Å². The lowest BCUT2D eigenvalue weighted by Gasteiger charge is -2.10. The molecule has 0 aliphatic heterocycles. The van der Waals surface area contributed by atoms with Gasteiger partial charge in [0.15, 0.2) is 0 Å². The molecule has 0 aliphatic rings. The number of nitrogens with zero attached hydrogens (tertiary/aromatic N) is 3. The normalized spacial score (nSPS) is 11.3. The van der Waals surface area contributed by atoms with Crippen LogP contribution in [0.5, 0.6) is 0 Å². The van der Waals surface area contributed by atoms with Crippen LogP contribution < -0.4 is 5.62 Å². The van der Waals surface area contributed by atoms with Crippen molar-refractivity contribution in [3.63, 3.8) is 0 Å². The average Bonchev–Trinajstić information content (AvgIpc) is 2.46. The maximum Gasteiger partial charge on any atom is 0.205 e. The van der Waals surface area contributed by atoms with Crippen LogP contribution in [0.25, 0.3) is 0 Å². The van der Waals surface area contributed by atoms with Crippen molar-refractivity contribution in [2.45, 2.75) is 39.8 Å². The molecule has 0 saturated carbocycles. The molecular formula is C10H19N3. The molecule has 0 fully saturated rings. The van der Waals surface area contributed by atoms with E-state index < -0.39 is 0 Å². The van der Waals surface area contributed by atoms with Gasteiger partial charge in [0.25, 0.3) is 0 Å². The molecular weight excluding hydrogens is 162 g/mol. The third kappa shape index (κ3) is 1.85. The summed E-state index contributed by atoms with van der Waals surface area (Å²) in [4.78, 5) is 4.30. The first-order valence-electron chi connectivity index (χ1n) is 4.79. The molecule has 0 amide bonds. The quantitative estimate of drug-likeness (QED) is 0.665. The van der Waals surface area contributed by atoms with E-state index in [9.17, 15) is 0 Å². The van der Waals surface area contributed by atoms with E-state index in [2.05, 4.69) is 54.2 Å². The van der Waals surface area contributed by atoms with Gasteiger partial charge in [-0.3, -0.25) is 4.99 Å². The Hall–Kier alpha value is -0.990. The Bertz CT molecular complexity index is 300. The predicted molar refractivity (Wildman–Crippen MR) is 54.7 cm³/mol. The number of hydrogen-bond acceptors (Lipinski definition) is 1. The van der Waals surface area contributed by atoms with Crippen molar-refractivity contribution in [3.05, 3.63) is 18.0 Å². The molecule has 0 bridgehead atoms. The summed E-state index contributed by atoms with van der Waals surface area (Å²) in [6, 6.07) is 0.942. The summed E-state index contributed by atoms with van der Waals surface area (Å²) in [6.45, 7) is 8.66. The molecule has 0 radical (unpaired) electrons. The molecule has 1 rings (SSSR count). The zero-order valence-electron chi connectivity index (χ0n) is 9.15. The molecule has 0 aliphatic carbocycles. The minimum absolute atomic E-state index is 0.471. The van der Waals surface area contributed by atoms with Crippen LogP contribution in [0.3, 0.4) is 0 Å². The fourth-order valence-electron chi connectivity index (χ4n) is 1.45. The Kier molecular flexibility index (Phi) is 2.96. The van der Waals surface area contributed by atoms with Gasteiger partial charge < -0.3 is 9.13 Å². The fourth-order valence-corrected chi connectivity index (χ4v) is 1.45. The standard InChI is InChI=1S/C10H19N3/c1-8(2)12-6-7-13(9(3)4)10(12)11-5/h6-9H,1-5H3. The first-order valence-corrected chi connectivity index (χ1v) is 4.79. The van der Waals surface area contributed by atoms with Crippen LogP contribution in [0.1, 0.15) is 39.8 Å². The van der Waals surface area contributed by atoms with Gasteiger partial charge >= 0.3 is 0 Å². The summed E-state index contributed by atoms with van der Waals surface area (Å²) >= 11 is 0. The van der Waals surface area contributed by atoms with Gasteiger partial charge in [-0.15, -0.1) is 0 Å². The van der Waals surface area contributed by atoms with Crippen molar-refractivity contribution in [1.82, 2.24) is 9.13 Å². The van der Waals surface area contributed by atoms with Crippen LogP contribution in [-0.4, -0.2) is 16.2 Å². The first-order chi connectivity index (χ1) is 6.07. The molecule has 13 heavy (non-hydrogen) atoms. The minimum atomic E-state index is 0.471. The number of aromatic nitrogens is 2. The minimum Gasteiger partial charge on any atom is -0.315 e. The van der Waals surface area contributed by atoms with Crippen molar-refractivity contribution in [1.29, 1.82) is 0 Å². The lowest BCUT2D eigenvalue weighted by atomic mass is 10.4. The van der Waals surface area contributed by atoms with E-state index in [1.165, 1.54) is 0 Å². The molecule has 0 spiro atoms. The van der Waals surface area contributed by atoms with E-state index in [1.807, 2.05) is 7.05 Å². The van der Waals surface area contributed by atoms with E-state index in [0.29, 0.717) is 12.1 Å². The Morgan fingerprint density at radius 3 is 1.62 bits per heavy atom. The van der Waals surface area contributed by atoms with Gasteiger partial charge in [-0.25, -0.2) is 0 Å². The second kappa shape index (κ2) is 3.81. The summed E-state index contributed by atoms with van der Waals surface area (Å²) in [6.07, 6.45) is 4.18. The number of hydrogen-bond donors (Lipinski definition) is 0. The molecule has 74 valence electrons. The van der Waals surface area contributed by atoms with Gasteiger partial charge in [0.05, 0.1) is 0 Å². The second-order valence-electron chi connectivity index (χ2n) is 3.82. The van der Waals surface area contributed by atoms with E-state index in [-0.39, 0.29) is 0 Å². The highest BCUT2D eigenvalue weighted by atomic mass is 15.2. The number of imidazole rings is 1. The van der Waals surface area contributed by atoms with Crippen LogP contribution in [0.15, 0.2) is 17.4 Å². The van der Waals surface area contributed by atoms with Gasteiger partial charge in [0.2, 0.25) is 5.62 Å². The molecule has 0 saturated heterocycles. The van der Waals surface area contributed by atoms with Crippen LogP contribution in [-0.2, 0) is 0 Å². The highest BCUT2D eigenvalue weighted by Gasteiger charge is 2.05. The molecule has 1 aromatic heterocycles. The average molecular weight is 181 g/mol. The molecule has 3 heteroatoms. The largest absolute Gasteiger partial charge is 0.315 e. The molecule has 3 nitrogen and oxygen atoms in total. The third-order valence-corrected chi connectivity index (χ3v) is 2.16.